The van der Waals surface area contributed by atoms with E-state index in [2.05, 4.69) is 59.7 Å². The molecule has 1 N–H and O–H groups in total. The number of hydrogen-bond donors (Lipinski definition) is 1. The first-order valence-corrected chi connectivity index (χ1v) is 7.55. The van der Waals surface area contributed by atoms with Crippen LogP contribution in [0, 0.1) is 0 Å². The van der Waals surface area contributed by atoms with Gasteiger partial charge in [0.1, 0.15) is 0 Å². The van der Waals surface area contributed by atoms with Gasteiger partial charge in [-0.3, -0.25) is 4.98 Å². The molecule has 0 spiro atoms. The lowest BCUT2D eigenvalue weighted by molar-refractivity contribution is 0.474. The quantitative estimate of drug-likeness (QED) is 0.791. The molecule has 0 amide bonds. The normalized spacial score (nSPS) is 12.2. The minimum atomic E-state index is 0.561. The van der Waals surface area contributed by atoms with Gasteiger partial charge in [-0.25, -0.2) is 0 Å². The maximum absolute atomic E-state index is 4.37. The Bertz CT molecular complexity index is 467. The van der Waals surface area contributed by atoms with Crippen LogP contribution in [0.4, 0.5) is 0 Å². The molecule has 2 heteroatoms. The Morgan fingerprint density at radius 1 is 1.05 bits per heavy atom. The molecule has 20 heavy (non-hydrogen) atoms. The molecular weight excluding hydrogens is 244 g/mol. The van der Waals surface area contributed by atoms with Crippen molar-refractivity contribution in [2.24, 2.45) is 0 Å². The summed E-state index contributed by atoms with van der Waals surface area (Å²) < 4.78 is 0. The van der Waals surface area contributed by atoms with E-state index in [1.807, 2.05) is 12.3 Å². The Morgan fingerprint density at radius 2 is 1.85 bits per heavy atom. The van der Waals surface area contributed by atoms with Crippen LogP contribution in [0.1, 0.15) is 31.0 Å². The molecule has 0 saturated heterocycles. The Kier molecular flexibility index (Phi) is 6.25. The summed E-state index contributed by atoms with van der Waals surface area (Å²) in [4.78, 5) is 4.37. The van der Waals surface area contributed by atoms with Crippen LogP contribution in [-0.2, 0) is 12.8 Å². The number of nitrogens with one attached hydrogen (secondary N) is 1. The molecule has 0 aliphatic rings. The molecule has 2 rings (SSSR count). The van der Waals surface area contributed by atoms with E-state index in [0.717, 1.165) is 25.1 Å². The van der Waals surface area contributed by atoms with Crippen molar-refractivity contribution in [2.75, 3.05) is 6.54 Å². The fraction of sp³-hybridized carbons (Fsp3) is 0.389. The first-order chi connectivity index (χ1) is 9.88. The molecule has 1 unspecified atom stereocenters. The third-order valence-corrected chi connectivity index (χ3v) is 3.50. The highest BCUT2D eigenvalue weighted by Crippen LogP contribution is 2.07. The summed E-state index contributed by atoms with van der Waals surface area (Å²) in [5.41, 5.74) is 2.58. The largest absolute Gasteiger partial charge is 0.313 e. The smallest absolute Gasteiger partial charge is 0.0416 e. The second-order valence-electron chi connectivity index (χ2n) is 5.20. The third-order valence-electron chi connectivity index (χ3n) is 3.50. The lowest BCUT2D eigenvalue weighted by atomic mass is 10.0. The van der Waals surface area contributed by atoms with E-state index in [4.69, 9.17) is 0 Å². The zero-order valence-electron chi connectivity index (χ0n) is 12.3. The fourth-order valence-electron chi connectivity index (χ4n) is 2.47. The van der Waals surface area contributed by atoms with Gasteiger partial charge in [-0.15, -0.1) is 0 Å². The minimum Gasteiger partial charge on any atom is -0.313 e. The van der Waals surface area contributed by atoms with E-state index in [9.17, 15) is 0 Å². The molecule has 0 aliphatic carbocycles. The predicted molar refractivity (Wildman–Crippen MR) is 84.8 cm³/mol. The van der Waals surface area contributed by atoms with E-state index >= 15 is 0 Å². The van der Waals surface area contributed by atoms with Crippen LogP contribution in [0.15, 0.2) is 54.7 Å². The van der Waals surface area contributed by atoms with Crippen LogP contribution in [0.25, 0.3) is 0 Å². The topological polar surface area (TPSA) is 24.9 Å². The van der Waals surface area contributed by atoms with Gasteiger partial charge >= 0.3 is 0 Å². The van der Waals surface area contributed by atoms with E-state index in [1.165, 1.54) is 18.4 Å². The molecule has 1 atom stereocenters. The summed E-state index contributed by atoms with van der Waals surface area (Å²) in [6, 6.07) is 17.4. The first-order valence-electron chi connectivity index (χ1n) is 7.55. The highest BCUT2D eigenvalue weighted by molar-refractivity contribution is 5.16. The van der Waals surface area contributed by atoms with Crippen molar-refractivity contribution >= 4 is 0 Å². The highest BCUT2D eigenvalue weighted by atomic mass is 14.9. The van der Waals surface area contributed by atoms with Crippen LogP contribution >= 0.6 is 0 Å². The molecule has 2 aromatic rings. The Labute approximate surface area is 122 Å². The van der Waals surface area contributed by atoms with Crippen molar-refractivity contribution in [3.05, 3.63) is 66.0 Å². The van der Waals surface area contributed by atoms with Crippen LogP contribution in [-0.4, -0.2) is 17.6 Å². The van der Waals surface area contributed by atoms with Crippen LogP contribution in [0.3, 0.4) is 0 Å². The summed E-state index contributed by atoms with van der Waals surface area (Å²) in [6.07, 6.45) is 6.40. The molecule has 1 heterocycles. The molecule has 0 saturated carbocycles. The number of pyridine rings is 1. The molecule has 0 bridgehead atoms. The van der Waals surface area contributed by atoms with Gasteiger partial charge in [-0.2, -0.15) is 0 Å². The van der Waals surface area contributed by atoms with Gasteiger partial charge in [0, 0.05) is 30.9 Å². The average Bonchev–Trinajstić information content (AvgIpc) is 2.49. The van der Waals surface area contributed by atoms with Crippen molar-refractivity contribution in [1.82, 2.24) is 10.3 Å². The van der Waals surface area contributed by atoms with Gasteiger partial charge in [0.05, 0.1) is 0 Å². The fourth-order valence-corrected chi connectivity index (χ4v) is 2.47. The summed E-state index contributed by atoms with van der Waals surface area (Å²) in [5, 5.41) is 3.68. The average molecular weight is 268 g/mol. The van der Waals surface area contributed by atoms with Gasteiger partial charge in [0.15, 0.2) is 0 Å². The standard InChI is InChI=1S/C18H24N2/c1-2-8-18(15-16-9-4-3-5-10-16)20-14-12-17-11-6-7-13-19-17/h3-7,9-11,13,18,20H,2,8,12,14-15H2,1H3. The molecule has 0 fully saturated rings. The van der Waals surface area contributed by atoms with Crippen molar-refractivity contribution in [2.45, 2.75) is 38.6 Å². The van der Waals surface area contributed by atoms with Crippen molar-refractivity contribution < 1.29 is 0 Å². The zero-order chi connectivity index (χ0) is 14.0. The highest BCUT2D eigenvalue weighted by Gasteiger charge is 2.07. The zero-order valence-corrected chi connectivity index (χ0v) is 12.3. The Hall–Kier alpha value is -1.67. The summed E-state index contributed by atoms with van der Waals surface area (Å²) in [7, 11) is 0. The third kappa shape index (κ3) is 5.14. The first kappa shape index (κ1) is 14.7. The van der Waals surface area contributed by atoms with Gasteiger partial charge < -0.3 is 5.32 Å². The van der Waals surface area contributed by atoms with E-state index in [0.29, 0.717) is 6.04 Å². The monoisotopic (exact) mass is 268 g/mol. The van der Waals surface area contributed by atoms with Crippen LogP contribution in [0.5, 0.6) is 0 Å². The van der Waals surface area contributed by atoms with Gasteiger partial charge in [0.2, 0.25) is 0 Å². The molecule has 0 aliphatic heterocycles. The minimum absolute atomic E-state index is 0.561. The van der Waals surface area contributed by atoms with Gasteiger partial charge in [-0.05, 0) is 30.5 Å². The van der Waals surface area contributed by atoms with Crippen molar-refractivity contribution in [1.29, 1.82) is 0 Å². The lowest BCUT2D eigenvalue weighted by Crippen LogP contribution is -2.32. The van der Waals surface area contributed by atoms with Crippen molar-refractivity contribution in [3.8, 4) is 0 Å². The molecular formula is C18H24N2. The van der Waals surface area contributed by atoms with E-state index in [-0.39, 0.29) is 0 Å². The molecule has 1 aromatic heterocycles. The van der Waals surface area contributed by atoms with E-state index in [1.54, 1.807) is 0 Å². The summed E-state index contributed by atoms with van der Waals surface area (Å²) in [5.74, 6) is 0. The van der Waals surface area contributed by atoms with Crippen LogP contribution in [0.2, 0.25) is 0 Å². The maximum atomic E-state index is 4.37. The summed E-state index contributed by atoms with van der Waals surface area (Å²) in [6.45, 7) is 3.24. The Balaban J connectivity index is 1.80. The number of hydrogen-bond acceptors (Lipinski definition) is 2. The van der Waals surface area contributed by atoms with Crippen LogP contribution < -0.4 is 5.32 Å². The molecule has 2 nitrogen and oxygen atoms in total. The van der Waals surface area contributed by atoms with Crippen molar-refractivity contribution in [3.63, 3.8) is 0 Å². The van der Waals surface area contributed by atoms with E-state index < -0.39 is 0 Å². The number of rotatable bonds is 8. The summed E-state index contributed by atoms with van der Waals surface area (Å²) >= 11 is 0. The molecule has 1 aromatic carbocycles. The maximum Gasteiger partial charge on any atom is 0.0416 e. The lowest BCUT2D eigenvalue weighted by Gasteiger charge is -2.18. The Morgan fingerprint density at radius 3 is 2.55 bits per heavy atom. The predicted octanol–water partition coefficient (Wildman–Crippen LogP) is 3.63. The number of aromatic nitrogens is 1. The molecule has 0 radical (unpaired) electrons. The van der Waals surface area contributed by atoms with Gasteiger partial charge in [0.25, 0.3) is 0 Å². The second kappa shape index (κ2) is 8.49. The number of nitrogens with zero attached hydrogens (tertiary/aromatic N) is 1. The number of benzene rings is 1. The SMILES string of the molecule is CCCC(Cc1ccccc1)NCCc1ccccn1. The van der Waals surface area contributed by atoms with Gasteiger partial charge in [-0.1, -0.05) is 49.7 Å². The molecule has 106 valence electrons. The second-order valence-corrected chi connectivity index (χ2v) is 5.20.